The van der Waals surface area contributed by atoms with Gasteiger partial charge in [0.05, 0.1) is 0 Å². The van der Waals surface area contributed by atoms with E-state index in [1.165, 1.54) is 0 Å². The van der Waals surface area contributed by atoms with Gasteiger partial charge in [-0.1, -0.05) is 53.5 Å². The zero-order chi connectivity index (χ0) is 15.5. The van der Waals surface area contributed by atoms with Crippen LogP contribution in [-0.4, -0.2) is 26.6 Å². The summed E-state index contributed by atoms with van der Waals surface area (Å²) < 4.78 is -1.31. The minimum Gasteiger partial charge on any atom is -0.131 e. The van der Waals surface area contributed by atoms with E-state index in [4.69, 9.17) is 46.4 Å². The fourth-order valence-corrected chi connectivity index (χ4v) is 7.51. The lowest BCUT2D eigenvalue weighted by molar-refractivity contribution is 0.726. The lowest BCUT2D eigenvalue weighted by atomic mass is 9.94. The van der Waals surface area contributed by atoms with Gasteiger partial charge in [0.25, 0.3) is 0 Å². The lowest BCUT2D eigenvalue weighted by Gasteiger charge is -2.34. The minimum absolute atomic E-state index is 0.881. The fourth-order valence-electron chi connectivity index (χ4n) is 2.98. The van der Waals surface area contributed by atoms with Crippen LogP contribution >= 0.6 is 69.9 Å². The number of alkyl halides is 4. The van der Waals surface area contributed by atoms with E-state index in [0.29, 0.717) is 0 Å². The van der Waals surface area contributed by atoms with Crippen molar-refractivity contribution in [3.63, 3.8) is 0 Å². The first-order valence-electron chi connectivity index (χ1n) is 6.22. The van der Waals surface area contributed by atoms with E-state index in [0.717, 1.165) is 20.9 Å². The molecular weight excluding hydrogens is 386 g/mol. The minimum atomic E-state index is -1.31. The van der Waals surface area contributed by atoms with E-state index in [1.807, 2.05) is 48.9 Å². The predicted octanol–water partition coefficient (Wildman–Crippen LogP) is 6.16. The molecule has 1 aromatic carbocycles. The van der Waals surface area contributed by atoms with Crippen LogP contribution in [-0.2, 0) is 0 Å². The molecule has 0 spiro atoms. The number of benzene rings is 1. The first-order chi connectivity index (χ1) is 9.84. The molecule has 6 heteroatoms. The Morgan fingerprint density at radius 2 is 1.43 bits per heavy atom. The van der Waals surface area contributed by atoms with E-state index in [2.05, 4.69) is 0 Å². The number of allylic oxidation sites excluding steroid dienone is 4. The molecule has 2 aliphatic carbocycles. The molecule has 0 aromatic heterocycles. The Morgan fingerprint density at radius 1 is 0.857 bits per heavy atom. The lowest BCUT2D eigenvalue weighted by Crippen LogP contribution is -2.44. The van der Waals surface area contributed by atoms with Crippen molar-refractivity contribution in [2.45, 2.75) is 14.1 Å². The van der Waals surface area contributed by atoms with Gasteiger partial charge in [0.15, 0.2) is 4.33 Å². The normalized spacial score (nSPS) is 33.5. The largest absolute Gasteiger partial charge is 0.173 e. The Morgan fingerprint density at radius 3 is 1.95 bits per heavy atom. The molecule has 0 N–H and O–H groups in total. The molecule has 2 unspecified atom stereocenters. The molecule has 0 amide bonds. The maximum Gasteiger partial charge on any atom is 0.173 e. The van der Waals surface area contributed by atoms with Gasteiger partial charge in [0.1, 0.15) is 9.75 Å². The summed E-state index contributed by atoms with van der Waals surface area (Å²) in [5.41, 5.74) is 1.87. The van der Waals surface area contributed by atoms with Gasteiger partial charge in [0.2, 0.25) is 0 Å². The van der Waals surface area contributed by atoms with Crippen molar-refractivity contribution in [2.24, 2.45) is 0 Å². The first-order valence-corrected chi connectivity index (χ1v) is 10.2. The van der Waals surface area contributed by atoms with Gasteiger partial charge in [0, 0.05) is 9.81 Å². The van der Waals surface area contributed by atoms with Crippen molar-refractivity contribution >= 4 is 75.5 Å². The zero-order valence-electron chi connectivity index (χ0n) is 11.3. The van der Waals surface area contributed by atoms with Crippen LogP contribution in [0.3, 0.4) is 0 Å². The van der Waals surface area contributed by atoms with Crippen LogP contribution in [0.4, 0.5) is 0 Å². The Kier molecular flexibility index (Phi) is 4.14. The SMILES string of the molecule is CSC1=C(SC)C2(Cl)C(c3ccccc3)=CC1(Cl)C2(Cl)Cl. The molecule has 2 bridgehead atoms. The summed E-state index contributed by atoms with van der Waals surface area (Å²) in [5.74, 6) is 0. The molecule has 1 aromatic rings. The monoisotopic (exact) mass is 396 g/mol. The second-order valence-corrected chi connectivity index (χ2v) is 9.06. The van der Waals surface area contributed by atoms with Gasteiger partial charge in [-0.25, -0.2) is 0 Å². The second-order valence-electron chi connectivity index (χ2n) is 4.94. The third-order valence-corrected chi connectivity index (χ3v) is 8.96. The van der Waals surface area contributed by atoms with E-state index in [-0.39, 0.29) is 0 Å². The Hall–Kier alpha value is 0.560. The van der Waals surface area contributed by atoms with E-state index in [9.17, 15) is 0 Å². The van der Waals surface area contributed by atoms with Crippen LogP contribution in [0.1, 0.15) is 5.56 Å². The van der Waals surface area contributed by atoms with Gasteiger partial charge in [-0.3, -0.25) is 0 Å². The molecule has 0 fully saturated rings. The van der Waals surface area contributed by atoms with Gasteiger partial charge >= 0.3 is 0 Å². The van der Waals surface area contributed by atoms with Crippen molar-refractivity contribution in [3.05, 3.63) is 51.8 Å². The summed E-state index contributed by atoms with van der Waals surface area (Å²) in [7, 11) is 0. The predicted molar refractivity (Wildman–Crippen MR) is 100 cm³/mol. The van der Waals surface area contributed by atoms with Gasteiger partial charge in [-0.05, 0) is 29.7 Å². The molecule has 2 aliphatic rings. The molecule has 3 rings (SSSR count). The van der Waals surface area contributed by atoms with Crippen LogP contribution in [0.15, 0.2) is 46.2 Å². The third kappa shape index (κ3) is 1.87. The molecule has 112 valence electrons. The maximum atomic E-state index is 7.01. The molecule has 0 nitrogen and oxygen atoms in total. The standard InChI is InChI=1S/C15H12Cl4S2/c1-20-11-12(21-2)14(17)10(9-6-4-3-5-7-9)8-13(11,16)15(14,18)19/h3-8H,1-2H3. The molecule has 21 heavy (non-hydrogen) atoms. The molecule has 0 aliphatic heterocycles. The molecule has 0 heterocycles. The Labute approximate surface area is 153 Å². The van der Waals surface area contributed by atoms with Gasteiger partial charge in [-0.15, -0.1) is 46.7 Å². The highest BCUT2D eigenvalue weighted by molar-refractivity contribution is 8.06. The highest BCUT2D eigenvalue weighted by atomic mass is 35.5. The summed E-state index contributed by atoms with van der Waals surface area (Å²) in [6.45, 7) is 0. The van der Waals surface area contributed by atoms with Crippen molar-refractivity contribution < 1.29 is 0 Å². The van der Waals surface area contributed by atoms with Gasteiger partial charge < -0.3 is 0 Å². The van der Waals surface area contributed by atoms with E-state index in [1.54, 1.807) is 23.5 Å². The number of hydrogen-bond acceptors (Lipinski definition) is 2. The summed E-state index contributed by atoms with van der Waals surface area (Å²) in [4.78, 5) is -0.119. The summed E-state index contributed by atoms with van der Waals surface area (Å²) >= 11 is 30.3. The zero-order valence-corrected chi connectivity index (χ0v) is 15.9. The molecule has 2 atom stereocenters. The number of hydrogen-bond donors (Lipinski definition) is 0. The van der Waals surface area contributed by atoms with Crippen molar-refractivity contribution in [3.8, 4) is 0 Å². The Bertz CT molecular complexity index is 653. The van der Waals surface area contributed by atoms with Crippen molar-refractivity contribution in [2.75, 3.05) is 12.5 Å². The molecule has 0 saturated heterocycles. The van der Waals surface area contributed by atoms with E-state index < -0.39 is 14.1 Å². The van der Waals surface area contributed by atoms with Gasteiger partial charge in [-0.2, -0.15) is 0 Å². The summed E-state index contributed by atoms with van der Waals surface area (Å²) in [6.07, 6.45) is 5.86. The number of halogens is 4. The average Bonchev–Trinajstić information content (AvgIpc) is 2.72. The van der Waals surface area contributed by atoms with Crippen molar-refractivity contribution in [1.29, 1.82) is 0 Å². The summed E-state index contributed by atoms with van der Waals surface area (Å²) in [5, 5.41) is 0. The highest BCUT2D eigenvalue weighted by Gasteiger charge is 2.74. The Balaban J connectivity index is 2.27. The summed E-state index contributed by atoms with van der Waals surface area (Å²) in [6, 6.07) is 9.88. The average molecular weight is 398 g/mol. The molecular formula is C15H12Cl4S2. The smallest absolute Gasteiger partial charge is 0.131 e. The highest BCUT2D eigenvalue weighted by Crippen LogP contribution is 2.74. The van der Waals surface area contributed by atoms with Crippen molar-refractivity contribution in [1.82, 2.24) is 0 Å². The number of rotatable bonds is 3. The topological polar surface area (TPSA) is 0 Å². The third-order valence-electron chi connectivity index (χ3n) is 3.95. The fraction of sp³-hybridized carbons (Fsp3) is 0.333. The van der Waals surface area contributed by atoms with E-state index >= 15 is 0 Å². The maximum absolute atomic E-state index is 7.01. The number of fused-ring (bicyclic) bond motifs is 2. The van der Waals surface area contributed by atoms with Crippen LogP contribution < -0.4 is 0 Å². The van der Waals surface area contributed by atoms with Crippen LogP contribution in [0.5, 0.6) is 0 Å². The number of thioether (sulfide) groups is 2. The quantitative estimate of drug-likeness (QED) is 0.559. The molecule has 0 radical (unpaired) electrons. The second kappa shape index (κ2) is 5.29. The van der Waals surface area contributed by atoms with Crippen LogP contribution in [0, 0.1) is 0 Å². The first kappa shape index (κ1) is 16.4. The van der Waals surface area contributed by atoms with Crippen LogP contribution in [0.2, 0.25) is 0 Å². The molecule has 0 saturated carbocycles. The van der Waals surface area contributed by atoms with Crippen LogP contribution in [0.25, 0.3) is 5.57 Å².